The fourth-order valence-electron chi connectivity index (χ4n) is 1.19. The lowest BCUT2D eigenvalue weighted by Gasteiger charge is -2.18. The van der Waals surface area contributed by atoms with Gasteiger partial charge in [0.15, 0.2) is 0 Å². The lowest BCUT2D eigenvalue weighted by Crippen LogP contribution is -2.43. The van der Waals surface area contributed by atoms with Crippen LogP contribution >= 0.6 is 0 Å². The number of hydrogen-bond acceptors (Lipinski definition) is 3. The van der Waals surface area contributed by atoms with E-state index in [9.17, 15) is 0 Å². The van der Waals surface area contributed by atoms with E-state index in [1.165, 1.54) is 0 Å². The van der Waals surface area contributed by atoms with Crippen LogP contribution in [0.15, 0.2) is 0 Å². The molecule has 0 bridgehead atoms. The van der Waals surface area contributed by atoms with Crippen LogP contribution < -0.4 is 16.0 Å². The third-order valence-corrected chi connectivity index (χ3v) is 1.76. The van der Waals surface area contributed by atoms with Crippen LogP contribution in [-0.4, -0.2) is 32.3 Å². The number of nitrogens with one attached hydrogen (secondary N) is 3. The molecule has 0 radical (unpaired) electrons. The van der Waals surface area contributed by atoms with Crippen LogP contribution in [0, 0.1) is 0 Å². The molecule has 0 fully saturated rings. The maximum absolute atomic E-state index is 3.39. The lowest BCUT2D eigenvalue weighted by atomic mass is 10.3. The van der Waals surface area contributed by atoms with Crippen molar-refractivity contribution in [2.45, 2.75) is 33.4 Å². The van der Waals surface area contributed by atoms with E-state index < -0.39 is 0 Å². The van der Waals surface area contributed by atoms with E-state index in [1.54, 1.807) is 0 Å². The van der Waals surface area contributed by atoms with E-state index in [2.05, 4.69) is 36.7 Å². The zero-order chi connectivity index (χ0) is 9.23. The molecule has 0 aromatic carbocycles. The van der Waals surface area contributed by atoms with Crippen molar-refractivity contribution in [2.24, 2.45) is 0 Å². The highest BCUT2D eigenvalue weighted by Gasteiger charge is 2.02. The Morgan fingerprint density at radius 2 is 1.50 bits per heavy atom. The third-order valence-electron chi connectivity index (χ3n) is 1.76. The molecular weight excluding hydrogens is 150 g/mol. The summed E-state index contributed by atoms with van der Waals surface area (Å²) in [6.07, 6.45) is 1.62. The van der Waals surface area contributed by atoms with Gasteiger partial charge in [0.05, 0.1) is 6.17 Å². The first-order valence-corrected chi connectivity index (χ1v) is 5.02. The Hall–Kier alpha value is -0.120. The zero-order valence-corrected chi connectivity index (χ0v) is 8.61. The van der Waals surface area contributed by atoms with E-state index in [0.717, 1.165) is 32.6 Å². The van der Waals surface area contributed by atoms with Crippen LogP contribution in [0.2, 0.25) is 0 Å². The van der Waals surface area contributed by atoms with E-state index in [-0.39, 0.29) is 0 Å². The van der Waals surface area contributed by atoms with E-state index in [4.69, 9.17) is 0 Å². The number of rotatable bonds is 8. The van der Waals surface area contributed by atoms with Gasteiger partial charge in [0.1, 0.15) is 0 Å². The monoisotopic (exact) mass is 173 g/mol. The minimum atomic E-state index is 0.471. The molecule has 0 atom stereocenters. The highest BCUT2D eigenvalue weighted by molar-refractivity contribution is 4.63. The Labute approximate surface area is 76.3 Å². The Kier molecular flexibility index (Phi) is 8.88. The van der Waals surface area contributed by atoms with E-state index in [0.29, 0.717) is 6.17 Å². The molecule has 0 saturated heterocycles. The fraction of sp³-hybridized carbons (Fsp3) is 1.00. The molecule has 0 spiro atoms. The predicted octanol–water partition coefficient (Wildman–Crippen LogP) is 0.531. The molecule has 0 aromatic rings. The second-order valence-electron chi connectivity index (χ2n) is 2.81. The Balaban J connectivity index is 3.34. The third kappa shape index (κ3) is 6.58. The van der Waals surface area contributed by atoms with Crippen molar-refractivity contribution in [1.29, 1.82) is 0 Å². The maximum atomic E-state index is 3.39. The first-order valence-electron chi connectivity index (χ1n) is 5.02. The minimum absolute atomic E-state index is 0.471. The fourth-order valence-corrected chi connectivity index (χ4v) is 1.19. The summed E-state index contributed by atoms with van der Waals surface area (Å²) in [5.74, 6) is 0. The van der Waals surface area contributed by atoms with Gasteiger partial charge >= 0.3 is 0 Å². The van der Waals surface area contributed by atoms with Crippen LogP contribution in [0.25, 0.3) is 0 Å². The van der Waals surface area contributed by atoms with Crippen molar-refractivity contribution >= 4 is 0 Å². The van der Waals surface area contributed by atoms with Crippen molar-refractivity contribution in [3.63, 3.8) is 0 Å². The van der Waals surface area contributed by atoms with Gasteiger partial charge in [0.25, 0.3) is 0 Å². The normalized spacial score (nSPS) is 11.0. The summed E-state index contributed by atoms with van der Waals surface area (Å²) in [6.45, 7) is 10.6. The molecule has 0 unspecified atom stereocenters. The maximum Gasteiger partial charge on any atom is 0.0583 e. The molecule has 0 saturated carbocycles. The Morgan fingerprint density at radius 1 is 0.917 bits per heavy atom. The minimum Gasteiger partial charge on any atom is -0.317 e. The van der Waals surface area contributed by atoms with Gasteiger partial charge in [-0.2, -0.15) is 0 Å². The molecule has 0 aliphatic rings. The van der Waals surface area contributed by atoms with Gasteiger partial charge in [-0.05, 0) is 32.6 Å². The Bertz CT molecular complexity index is 79.8. The van der Waals surface area contributed by atoms with Crippen molar-refractivity contribution in [1.82, 2.24) is 16.0 Å². The summed E-state index contributed by atoms with van der Waals surface area (Å²) in [5.41, 5.74) is 0. The van der Waals surface area contributed by atoms with Crippen LogP contribution in [0.5, 0.6) is 0 Å². The average molecular weight is 173 g/mol. The van der Waals surface area contributed by atoms with Crippen molar-refractivity contribution in [2.75, 3.05) is 26.2 Å². The quantitative estimate of drug-likeness (QED) is 0.370. The summed E-state index contributed by atoms with van der Waals surface area (Å²) in [6, 6.07) is 0. The van der Waals surface area contributed by atoms with E-state index in [1.807, 2.05) is 0 Å². The predicted molar refractivity (Wildman–Crippen MR) is 54.3 cm³/mol. The van der Waals surface area contributed by atoms with Gasteiger partial charge in [-0.1, -0.05) is 20.8 Å². The largest absolute Gasteiger partial charge is 0.317 e. The van der Waals surface area contributed by atoms with Gasteiger partial charge in [-0.25, -0.2) is 0 Å². The highest BCUT2D eigenvalue weighted by Crippen LogP contribution is 1.85. The molecule has 0 heterocycles. The first kappa shape index (κ1) is 11.9. The van der Waals surface area contributed by atoms with Crippen LogP contribution in [-0.2, 0) is 0 Å². The molecule has 12 heavy (non-hydrogen) atoms. The van der Waals surface area contributed by atoms with E-state index >= 15 is 0 Å². The van der Waals surface area contributed by atoms with Gasteiger partial charge in [-0.15, -0.1) is 0 Å². The van der Waals surface area contributed by atoms with Crippen LogP contribution in [0.1, 0.15) is 27.2 Å². The SMILES string of the molecule is CCNCCC(NCC)NCC. The van der Waals surface area contributed by atoms with Crippen molar-refractivity contribution < 1.29 is 0 Å². The Morgan fingerprint density at radius 3 is 1.92 bits per heavy atom. The van der Waals surface area contributed by atoms with Crippen LogP contribution in [0.4, 0.5) is 0 Å². The summed E-state index contributed by atoms with van der Waals surface area (Å²) >= 11 is 0. The van der Waals surface area contributed by atoms with Crippen molar-refractivity contribution in [3.05, 3.63) is 0 Å². The molecule has 0 aromatic heterocycles. The van der Waals surface area contributed by atoms with Crippen LogP contribution in [0.3, 0.4) is 0 Å². The number of hydrogen-bond donors (Lipinski definition) is 3. The molecular formula is C9H23N3. The summed E-state index contributed by atoms with van der Waals surface area (Å²) < 4.78 is 0. The summed E-state index contributed by atoms with van der Waals surface area (Å²) in [7, 11) is 0. The van der Waals surface area contributed by atoms with Gasteiger partial charge in [0.2, 0.25) is 0 Å². The lowest BCUT2D eigenvalue weighted by molar-refractivity contribution is 0.410. The molecule has 0 aliphatic heterocycles. The van der Waals surface area contributed by atoms with Gasteiger partial charge in [-0.3, -0.25) is 0 Å². The second-order valence-corrected chi connectivity index (χ2v) is 2.81. The molecule has 0 aliphatic carbocycles. The van der Waals surface area contributed by atoms with Gasteiger partial charge in [0, 0.05) is 0 Å². The summed E-state index contributed by atoms with van der Waals surface area (Å²) in [4.78, 5) is 0. The second kappa shape index (κ2) is 8.97. The molecule has 0 rings (SSSR count). The average Bonchev–Trinajstić information content (AvgIpc) is 2.06. The standard InChI is InChI=1S/C9H23N3/c1-4-10-8-7-9(11-5-2)12-6-3/h9-12H,4-8H2,1-3H3. The molecule has 3 heteroatoms. The molecule has 0 amide bonds. The zero-order valence-electron chi connectivity index (χ0n) is 8.61. The topological polar surface area (TPSA) is 36.1 Å². The van der Waals surface area contributed by atoms with Gasteiger partial charge < -0.3 is 16.0 Å². The smallest absolute Gasteiger partial charge is 0.0583 e. The highest BCUT2D eigenvalue weighted by atomic mass is 15.1. The molecule has 3 nitrogen and oxygen atoms in total. The molecule has 3 N–H and O–H groups in total. The molecule has 74 valence electrons. The first-order chi connectivity index (χ1) is 5.85. The summed E-state index contributed by atoms with van der Waals surface area (Å²) in [5, 5.41) is 10.1. The van der Waals surface area contributed by atoms with Crippen molar-refractivity contribution in [3.8, 4) is 0 Å².